The van der Waals surface area contributed by atoms with E-state index in [1.54, 1.807) is 6.20 Å². The lowest BCUT2D eigenvalue weighted by Crippen LogP contribution is -2.45. The first-order chi connectivity index (χ1) is 14.7. The van der Waals surface area contributed by atoms with Gasteiger partial charge in [0.25, 0.3) is 0 Å². The predicted molar refractivity (Wildman–Crippen MR) is 121 cm³/mol. The Balaban J connectivity index is 1.38. The molecule has 0 unspecified atom stereocenters. The van der Waals surface area contributed by atoms with Crippen LogP contribution in [0.25, 0.3) is 10.8 Å². The van der Waals surface area contributed by atoms with Crippen molar-refractivity contribution in [2.24, 2.45) is 4.99 Å². The van der Waals surface area contributed by atoms with Gasteiger partial charge < -0.3 is 14.9 Å². The third-order valence-corrected chi connectivity index (χ3v) is 7.50. The van der Waals surface area contributed by atoms with Crippen LogP contribution in [0.3, 0.4) is 0 Å². The van der Waals surface area contributed by atoms with Gasteiger partial charge in [0.2, 0.25) is 0 Å². The van der Waals surface area contributed by atoms with E-state index in [-0.39, 0.29) is 5.41 Å². The third kappa shape index (κ3) is 2.92. The maximum Gasteiger partial charge on any atom is 0.159 e. The molecule has 0 aromatic heterocycles. The van der Waals surface area contributed by atoms with Crippen LogP contribution in [0.5, 0.6) is 0 Å². The summed E-state index contributed by atoms with van der Waals surface area (Å²) in [4.78, 5) is 9.45. The molecular weight excluding hydrogens is 370 g/mol. The maximum atomic E-state index is 10.5. The topological polar surface area (TPSA) is 39.1 Å². The Labute approximate surface area is 178 Å². The standard InChI is InChI=1S/C26H29N3O/c30-24-17-27-25(29-15-14-28(18-23(24)29)20-10-11-20)16-26(12-3-4-13-26)22-9-5-7-19-6-1-2-8-21(19)22/h1-2,5-9,17-18,20,30H,3-4,10-16H2. The first-order valence-electron chi connectivity index (χ1n) is 11.4. The van der Waals surface area contributed by atoms with Crippen LogP contribution >= 0.6 is 0 Å². The molecular formula is C26H29N3O. The molecule has 0 amide bonds. The number of aliphatic imine (C=N–C) groups is 1. The van der Waals surface area contributed by atoms with Crippen molar-refractivity contribution in [2.75, 3.05) is 13.1 Å². The molecule has 154 valence electrons. The SMILES string of the molecule is OC1=CN=C(CC2(c3cccc4ccccc34)CCCC2)N2CCN(C3CC3)C=C12. The molecule has 30 heavy (non-hydrogen) atoms. The van der Waals surface area contributed by atoms with Crippen LogP contribution in [0.4, 0.5) is 0 Å². The molecule has 0 saturated heterocycles. The van der Waals surface area contributed by atoms with E-state index in [9.17, 15) is 5.11 Å². The second-order valence-corrected chi connectivity index (χ2v) is 9.39. The lowest BCUT2D eigenvalue weighted by atomic mass is 9.73. The average Bonchev–Trinajstić information content (AvgIpc) is 3.54. The second kappa shape index (κ2) is 6.90. The van der Waals surface area contributed by atoms with Gasteiger partial charge in [0.1, 0.15) is 11.5 Å². The van der Waals surface area contributed by atoms with Crippen LogP contribution in [0, 0.1) is 0 Å². The van der Waals surface area contributed by atoms with E-state index in [2.05, 4.69) is 58.5 Å². The molecule has 0 bridgehead atoms. The van der Waals surface area contributed by atoms with Crippen LogP contribution in [-0.4, -0.2) is 39.9 Å². The highest BCUT2D eigenvalue weighted by Gasteiger charge is 2.41. The molecule has 2 saturated carbocycles. The zero-order chi connectivity index (χ0) is 20.1. The summed E-state index contributed by atoms with van der Waals surface area (Å²) in [5.41, 5.74) is 2.53. The molecule has 0 spiro atoms. The molecule has 4 aliphatic rings. The minimum Gasteiger partial charge on any atom is -0.504 e. The number of aliphatic hydroxyl groups excluding tert-OH is 1. The Hall–Kier alpha value is -2.75. The van der Waals surface area contributed by atoms with Crippen molar-refractivity contribution >= 4 is 16.6 Å². The fraction of sp³-hybridized carbons (Fsp3) is 0.423. The molecule has 2 aliphatic heterocycles. The van der Waals surface area contributed by atoms with Crippen molar-refractivity contribution in [1.29, 1.82) is 0 Å². The predicted octanol–water partition coefficient (Wildman–Crippen LogP) is 5.47. The zero-order valence-electron chi connectivity index (χ0n) is 17.4. The first kappa shape index (κ1) is 18.1. The Morgan fingerprint density at radius 1 is 1.00 bits per heavy atom. The number of amidine groups is 1. The number of aliphatic hydroxyl groups is 1. The molecule has 2 aliphatic carbocycles. The first-order valence-corrected chi connectivity index (χ1v) is 11.4. The fourth-order valence-electron chi connectivity index (χ4n) is 5.79. The van der Waals surface area contributed by atoms with Crippen molar-refractivity contribution in [3.63, 3.8) is 0 Å². The zero-order valence-corrected chi connectivity index (χ0v) is 17.4. The Morgan fingerprint density at radius 2 is 1.80 bits per heavy atom. The number of fused-ring (bicyclic) bond motifs is 2. The minimum atomic E-state index is 0.124. The molecule has 6 rings (SSSR count). The van der Waals surface area contributed by atoms with E-state index in [0.717, 1.165) is 31.0 Å². The highest BCUT2D eigenvalue weighted by molar-refractivity contribution is 5.91. The van der Waals surface area contributed by atoms with Crippen LogP contribution in [-0.2, 0) is 5.41 Å². The van der Waals surface area contributed by atoms with Gasteiger partial charge in [-0.1, -0.05) is 55.3 Å². The van der Waals surface area contributed by atoms with Crippen molar-refractivity contribution < 1.29 is 5.11 Å². The molecule has 2 aromatic rings. The minimum absolute atomic E-state index is 0.124. The molecule has 4 heteroatoms. The number of hydrogen-bond acceptors (Lipinski definition) is 4. The quantitative estimate of drug-likeness (QED) is 0.740. The number of hydrogen-bond donors (Lipinski definition) is 1. The summed E-state index contributed by atoms with van der Waals surface area (Å²) in [5, 5.41) is 13.2. The van der Waals surface area contributed by atoms with E-state index in [0.29, 0.717) is 11.8 Å². The second-order valence-electron chi connectivity index (χ2n) is 9.39. The van der Waals surface area contributed by atoms with Crippen LogP contribution < -0.4 is 0 Å². The van der Waals surface area contributed by atoms with Gasteiger partial charge in [-0.25, -0.2) is 4.99 Å². The normalized spacial score (nSPS) is 23.1. The molecule has 2 aromatic carbocycles. The van der Waals surface area contributed by atoms with Crippen LogP contribution in [0.1, 0.15) is 50.5 Å². The average molecular weight is 400 g/mol. The monoisotopic (exact) mass is 399 g/mol. The highest BCUT2D eigenvalue weighted by Crippen LogP contribution is 2.47. The Bertz CT molecular complexity index is 1070. The molecule has 4 nitrogen and oxygen atoms in total. The Morgan fingerprint density at radius 3 is 2.63 bits per heavy atom. The van der Waals surface area contributed by atoms with Crippen LogP contribution in [0.15, 0.2) is 71.3 Å². The third-order valence-electron chi connectivity index (χ3n) is 7.50. The van der Waals surface area contributed by atoms with E-state index in [1.807, 2.05) is 0 Å². The van der Waals surface area contributed by atoms with E-state index < -0.39 is 0 Å². The van der Waals surface area contributed by atoms with Crippen molar-refractivity contribution in [3.8, 4) is 0 Å². The van der Waals surface area contributed by atoms with Gasteiger partial charge in [-0.2, -0.15) is 0 Å². The highest BCUT2D eigenvalue weighted by atomic mass is 16.3. The van der Waals surface area contributed by atoms with Gasteiger partial charge in [-0.3, -0.25) is 0 Å². The lowest BCUT2D eigenvalue weighted by Gasteiger charge is -2.41. The number of nitrogens with zero attached hydrogens (tertiary/aromatic N) is 3. The summed E-state index contributed by atoms with van der Waals surface area (Å²) in [5.74, 6) is 1.42. The molecule has 2 fully saturated rings. The van der Waals surface area contributed by atoms with Crippen molar-refractivity contribution in [1.82, 2.24) is 9.80 Å². The van der Waals surface area contributed by atoms with E-state index >= 15 is 0 Å². The van der Waals surface area contributed by atoms with Gasteiger partial charge in [0.15, 0.2) is 5.76 Å². The van der Waals surface area contributed by atoms with Gasteiger partial charge in [-0.05, 0) is 42.0 Å². The molecule has 1 N–H and O–H groups in total. The summed E-state index contributed by atoms with van der Waals surface area (Å²) in [6.45, 7) is 1.92. The summed E-state index contributed by atoms with van der Waals surface area (Å²) in [7, 11) is 0. The summed E-state index contributed by atoms with van der Waals surface area (Å²) in [6, 6.07) is 16.2. The van der Waals surface area contributed by atoms with Crippen molar-refractivity contribution in [3.05, 3.63) is 71.9 Å². The van der Waals surface area contributed by atoms with Crippen LogP contribution in [0.2, 0.25) is 0 Å². The fourth-order valence-corrected chi connectivity index (χ4v) is 5.79. The van der Waals surface area contributed by atoms with E-state index in [4.69, 9.17) is 4.99 Å². The molecule has 0 radical (unpaired) electrons. The summed E-state index contributed by atoms with van der Waals surface area (Å²) in [6.07, 6.45) is 12.3. The Kier molecular flexibility index (Phi) is 4.15. The summed E-state index contributed by atoms with van der Waals surface area (Å²) >= 11 is 0. The smallest absolute Gasteiger partial charge is 0.159 e. The lowest BCUT2D eigenvalue weighted by molar-refractivity contribution is 0.266. The number of rotatable bonds is 4. The molecule has 0 atom stereocenters. The maximum absolute atomic E-state index is 10.5. The molecule has 2 heterocycles. The summed E-state index contributed by atoms with van der Waals surface area (Å²) < 4.78 is 0. The van der Waals surface area contributed by atoms with E-state index in [1.165, 1.54) is 54.9 Å². The van der Waals surface area contributed by atoms with Gasteiger partial charge in [-0.15, -0.1) is 0 Å². The van der Waals surface area contributed by atoms with Crippen molar-refractivity contribution in [2.45, 2.75) is 56.4 Å². The van der Waals surface area contributed by atoms with Gasteiger partial charge in [0.05, 0.1) is 6.20 Å². The van der Waals surface area contributed by atoms with Gasteiger partial charge >= 0.3 is 0 Å². The number of benzene rings is 2. The largest absolute Gasteiger partial charge is 0.504 e. The van der Waals surface area contributed by atoms with Gasteiger partial charge in [0, 0.05) is 37.2 Å².